The number of carbonyl (C=O) groups excluding carboxylic acids is 1. The maximum absolute atomic E-state index is 12.8. The largest absolute Gasteiger partial charge is 0.481 e. The summed E-state index contributed by atoms with van der Waals surface area (Å²) < 4.78 is 16.9. The number of aliphatic carboxylic acids is 1. The first-order chi connectivity index (χ1) is 10.6. The first-order valence-electron chi connectivity index (χ1n) is 7.73. The van der Waals surface area contributed by atoms with Crippen molar-refractivity contribution in [2.24, 2.45) is 11.8 Å². The molecule has 0 aliphatic carbocycles. The molecule has 1 N–H and O–H groups in total. The Morgan fingerprint density at radius 1 is 1.05 bits per heavy atom. The van der Waals surface area contributed by atoms with Gasteiger partial charge in [0.25, 0.3) is 0 Å². The number of ether oxygens (including phenoxy) is 3. The van der Waals surface area contributed by atoms with Gasteiger partial charge in [0.1, 0.15) is 5.92 Å². The molecule has 0 aromatic rings. The highest BCUT2D eigenvalue weighted by Crippen LogP contribution is 2.41. The number of nitrogens with zero attached hydrogens (tertiary/aromatic N) is 1. The second-order valence-electron chi connectivity index (χ2n) is 6.27. The smallest absolute Gasteiger partial charge is 0.310 e. The number of carboxylic acid groups (broad SMARTS) is 1. The van der Waals surface area contributed by atoms with Crippen molar-refractivity contribution in [1.29, 1.82) is 0 Å². The molecule has 22 heavy (non-hydrogen) atoms. The number of likely N-dealkylation sites (tertiary alicyclic amines) is 1. The molecule has 7 nitrogen and oxygen atoms in total. The Bertz CT molecular complexity index is 516. The monoisotopic (exact) mass is 309 g/mol. The number of rotatable bonds is 2. The molecule has 0 unspecified atom stereocenters. The number of hydrogen-bond donors (Lipinski definition) is 1. The predicted octanol–water partition coefficient (Wildman–Crippen LogP) is 0.00610. The summed E-state index contributed by atoms with van der Waals surface area (Å²) in [6.45, 7) is 2.26. The molecule has 1 spiro atoms. The van der Waals surface area contributed by atoms with E-state index in [9.17, 15) is 14.7 Å². The van der Waals surface area contributed by atoms with Crippen LogP contribution in [-0.2, 0) is 23.8 Å². The van der Waals surface area contributed by atoms with Crippen LogP contribution < -0.4 is 0 Å². The van der Waals surface area contributed by atoms with Crippen molar-refractivity contribution in [3.05, 3.63) is 12.2 Å². The average molecular weight is 309 g/mol. The highest BCUT2D eigenvalue weighted by atomic mass is 16.7. The van der Waals surface area contributed by atoms with Crippen LogP contribution in [0.4, 0.5) is 0 Å². The lowest BCUT2D eigenvalue weighted by Crippen LogP contribution is -2.51. The molecule has 4 heterocycles. The zero-order valence-corrected chi connectivity index (χ0v) is 12.1. The molecule has 4 aliphatic rings. The van der Waals surface area contributed by atoms with Crippen LogP contribution in [0.3, 0.4) is 0 Å². The summed E-state index contributed by atoms with van der Waals surface area (Å²) in [6.07, 6.45) is 3.93. The van der Waals surface area contributed by atoms with E-state index in [1.54, 1.807) is 17.1 Å². The summed E-state index contributed by atoms with van der Waals surface area (Å²) in [4.78, 5) is 26.0. The van der Waals surface area contributed by atoms with Crippen LogP contribution in [0.5, 0.6) is 0 Å². The number of hydrogen-bond acceptors (Lipinski definition) is 5. The minimum atomic E-state index is -0.967. The van der Waals surface area contributed by atoms with Gasteiger partial charge in [0.2, 0.25) is 5.91 Å². The van der Waals surface area contributed by atoms with Gasteiger partial charge in [-0.25, -0.2) is 0 Å². The third-order valence-electron chi connectivity index (χ3n) is 5.12. The quantitative estimate of drug-likeness (QED) is 0.723. The zero-order valence-electron chi connectivity index (χ0n) is 12.1. The summed E-state index contributed by atoms with van der Waals surface area (Å²) in [5.41, 5.74) is 0. The van der Waals surface area contributed by atoms with Gasteiger partial charge in [-0.15, -0.1) is 0 Å². The second-order valence-corrected chi connectivity index (χ2v) is 6.27. The Morgan fingerprint density at radius 3 is 2.23 bits per heavy atom. The molecule has 7 heteroatoms. The van der Waals surface area contributed by atoms with E-state index in [4.69, 9.17) is 14.2 Å². The first kappa shape index (κ1) is 14.2. The molecule has 0 aromatic heterocycles. The molecule has 4 aliphatic heterocycles. The molecular weight excluding hydrogens is 290 g/mol. The molecule has 0 radical (unpaired) electrons. The van der Waals surface area contributed by atoms with Gasteiger partial charge in [-0.1, -0.05) is 12.2 Å². The second kappa shape index (κ2) is 5.04. The van der Waals surface area contributed by atoms with Gasteiger partial charge in [-0.05, 0) is 0 Å². The maximum Gasteiger partial charge on any atom is 0.310 e. The van der Waals surface area contributed by atoms with Crippen molar-refractivity contribution < 1.29 is 28.9 Å². The van der Waals surface area contributed by atoms with E-state index < -0.39 is 35.8 Å². The van der Waals surface area contributed by atoms with Crippen LogP contribution in [0.1, 0.15) is 12.8 Å². The van der Waals surface area contributed by atoms with E-state index in [2.05, 4.69) is 0 Å². The van der Waals surface area contributed by atoms with Crippen LogP contribution >= 0.6 is 0 Å². The van der Waals surface area contributed by atoms with E-state index in [0.717, 1.165) is 0 Å². The minimum absolute atomic E-state index is 0.128. The fourth-order valence-electron chi connectivity index (χ4n) is 3.96. The van der Waals surface area contributed by atoms with Crippen LogP contribution in [0.2, 0.25) is 0 Å². The number of amides is 1. The summed E-state index contributed by atoms with van der Waals surface area (Å²) in [5.74, 6) is -3.03. The van der Waals surface area contributed by atoms with Crippen molar-refractivity contribution in [2.45, 2.75) is 30.8 Å². The number of carbonyl (C=O) groups is 2. The lowest BCUT2D eigenvalue weighted by Gasteiger charge is -2.39. The lowest BCUT2D eigenvalue weighted by atomic mass is 9.81. The van der Waals surface area contributed by atoms with Crippen LogP contribution in [-0.4, -0.2) is 66.2 Å². The van der Waals surface area contributed by atoms with Crippen LogP contribution in [0.25, 0.3) is 0 Å². The molecular formula is C15H19NO6. The third-order valence-corrected chi connectivity index (χ3v) is 5.12. The van der Waals surface area contributed by atoms with E-state index in [-0.39, 0.29) is 5.91 Å². The Hall–Kier alpha value is -1.44. The molecule has 3 fully saturated rings. The Kier molecular flexibility index (Phi) is 3.25. The van der Waals surface area contributed by atoms with Crippen molar-refractivity contribution in [3.63, 3.8) is 0 Å². The molecule has 4 rings (SSSR count). The lowest BCUT2D eigenvalue weighted by molar-refractivity contribution is -0.189. The van der Waals surface area contributed by atoms with Crippen molar-refractivity contribution in [3.8, 4) is 0 Å². The standard InChI is InChI=1S/C15H19NO6/c17-13(11-9-1-2-10(22-9)12(11)14(18)19)16-5-3-15(4-6-16)20-7-8-21-15/h1-2,9-12H,3-8H2,(H,18,19)/t9-,10-,11-,12-/m0/s1. The van der Waals surface area contributed by atoms with Crippen molar-refractivity contribution >= 4 is 11.9 Å². The Morgan fingerprint density at radius 2 is 1.64 bits per heavy atom. The number of carboxylic acids is 1. The third kappa shape index (κ3) is 2.07. The van der Waals surface area contributed by atoms with Gasteiger partial charge >= 0.3 is 5.97 Å². The minimum Gasteiger partial charge on any atom is -0.481 e. The van der Waals surface area contributed by atoms with Gasteiger partial charge in [0.15, 0.2) is 5.79 Å². The molecule has 1 amide bonds. The van der Waals surface area contributed by atoms with Gasteiger partial charge < -0.3 is 24.2 Å². The highest BCUT2D eigenvalue weighted by Gasteiger charge is 2.54. The fourth-order valence-corrected chi connectivity index (χ4v) is 3.96. The summed E-state index contributed by atoms with van der Waals surface area (Å²) in [5, 5.41) is 9.40. The summed E-state index contributed by atoms with van der Waals surface area (Å²) in [7, 11) is 0. The van der Waals surface area contributed by atoms with E-state index >= 15 is 0 Å². The van der Waals surface area contributed by atoms with Crippen LogP contribution in [0.15, 0.2) is 12.2 Å². The van der Waals surface area contributed by atoms with Gasteiger partial charge in [0, 0.05) is 25.9 Å². The molecule has 3 saturated heterocycles. The van der Waals surface area contributed by atoms with E-state index in [1.165, 1.54) is 0 Å². The molecule has 0 saturated carbocycles. The summed E-state index contributed by atoms with van der Waals surface area (Å²) in [6, 6.07) is 0. The topological polar surface area (TPSA) is 85.3 Å². The zero-order chi connectivity index (χ0) is 15.3. The molecule has 0 aromatic carbocycles. The normalized spacial score (nSPS) is 38.8. The van der Waals surface area contributed by atoms with Crippen molar-refractivity contribution in [1.82, 2.24) is 4.90 Å². The molecule has 120 valence electrons. The van der Waals surface area contributed by atoms with Gasteiger partial charge in [0.05, 0.1) is 31.3 Å². The van der Waals surface area contributed by atoms with E-state index in [1.807, 2.05) is 0 Å². The Balaban J connectivity index is 1.46. The van der Waals surface area contributed by atoms with Gasteiger partial charge in [-0.3, -0.25) is 9.59 Å². The highest BCUT2D eigenvalue weighted by molar-refractivity contribution is 5.87. The fraction of sp³-hybridized carbons (Fsp3) is 0.733. The van der Waals surface area contributed by atoms with Crippen molar-refractivity contribution in [2.75, 3.05) is 26.3 Å². The predicted molar refractivity (Wildman–Crippen MR) is 72.9 cm³/mol. The van der Waals surface area contributed by atoms with Gasteiger partial charge in [-0.2, -0.15) is 0 Å². The SMILES string of the molecule is O=C(O)[C@@H]1[C@@H](C(=O)N2CCC3(CC2)OCCO3)[C@@H]2C=C[C@@H]1O2. The Labute approximate surface area is 127 Å². The summed E-state index contributed by atoms with van der Waals surface area (Å²) >= 11 is 0. The average Bonchev–Trinajstić information content (AvgIpc) is 3.22. The maximum atomic E-state index is 12.8. The van der Waals surface area contributed by atoms with Crippen LogP contribution in [0, 0.1) is 11.8 Å². The molecule has 4 atom stereocenters. The van der Waals surface area contributed by atoms with E-state index in [0.29, 0.717) is 39.1 Å². The first-order valence-corrected chi connectivity index (χ1v) is 7.73. The number of piperidine rings is 1. The molecule has 2 bridgehead atoms. The number of fused-ring (bicyclic) bond motifs is 2.